The highest BCUT2D eigenvalue weighted by atomic mass is 35.5. The van der Waals surface area contributed by atoms with Crippen LogP contribution in [0.15, 0.2) is 52.3 Å². The fraction of sp³-hybridized carbons (Fsp3) is 0.188. The second-order valence-corrected chi connectivity index (χ2v) is 8.53. The minimum Gasteiger partial charge on any atom is -0.322 e. The molecule has 0 atom stereocenters. The number of anilines is 1. The molecule has 1 N–H and O–H groups in total. The van der Waals surface area contributed by atoms with Gasteiger partial charge < -0.3 is 5.32 Å². The zero-order chi connectivity index (χ0) is 17.9. The molecule has 8 heteroatoms. The van der Waals surface area contributed by atoms with E-state index in [4.69, 9.17) is 11.6 Å². The van der Waals surface area contributed by atoms with E-state index in [1.807, 2.05) is 24.5 Å². The van der Waals surface area contributed by atoms with Crippen molar-refractivity contribution >= 4 is 45.0 Å². The highest BCUT2D eigenvalue weighted by molar-refractivity contribution is 7.98. The Bertz CT molecular complexity index is 867. The number of benzene rings is 2. The van der Waals surface area contributed by atoms with Gasteiger partial charge in [0, 0.05) is 30.2 Å². The van der Waals surface area contributed by atoms with Crippen LogP contribution in [0, 0.1) is 0 Å². The van der Waals surface area contributed by atoms with Crippen molar-refractivity contribution in [3.05, 3.63) is 53.1 Å². The minimum atomic E-state index is -3.73. The molecule has 2 aromatic carbocycles. The number of nitrogens with zero attached hydrogens (tertiary/aromatic N) is 1. The van der Waals surface area contributed by atoms with Crippen molar-refractivity contribution in [3.63, 3.8) is 0 Å². The zero-order valence-corrected chi connectivity index (χ0v) is 15.8. The first-order chi connectivity index (χ1) is 11.3. The lowest BCUT2D eigenvalue weighted by atomic mass is 10.2. The van der Waals surface area contributed by atoms with Crippen molar-refractivity contribution in [2.45, 2.75) is 9.79 Å². The lowest BCUT2D eigenvalue weighted by Crippen LogP contribution is -2.23. The molecule has 0 saturated heterocycles. The van der Waals surface area contributed by atoms with E-state index in [2.05, 4.69) is 5.32 Å². The second-order valence-electron chi connectivity index (χ2n) is 5.12. The third kappa shape index (κ3) is 4.10. The van der Waals surface area contributed by atoms with Gasteiger partial charge in [0.25, 0.3) is 5.91 Å². The third-order valence-electron chi connectivity index (χ3n) is 3.28. The summed E-state index contributed by atoms with van der Waals surface area (Å²) in [5.74, 6) is -0.403. The lowest BCUT2D eigenvalue weighted by Gasteiger charge is -2.14. The predicted molar refractivity (Wildman–Crippen MR) is 98.5 cm³/mol. The highest BCUT2D eigenvalue weighted by Crippen LogP contribution is 2.25. The molecule has 0 radical (unpaired) electrons. The molecule has 0 aliphatic rings. The second kappa shape index (κ2) is 7.57. The number of rotatable bonds is 5. The first kappa shape index (κ1) is 18.8. The monoisotopic (exact) mass is 384 g/mol. The molecule has 2 aromatic rings. The van der Waals surface area contributed by atoms with Crippen LogP contribution in [0.25, 0.3) is 0 Å². The van der Waals surface area contributed by atoms with Gasteiger partial charge >= 0.3 is 0 Å². The van der Waals surface area contributed by atoms with Gasteiger partial charge in [-0.1, -0.05) is 17.7 Å². The molecule has 0 spiro atoms. The van der Waals surface area contributed by atoms with E-state index in [0.29, 0.717) is 5.69 Å². The van der Waals surface area contributed by atoms with Crippen LogP contribution in [-0.4, -0.2) is 39.0 Å². The van der Waals surface area contributed by atoms with Gasteiger partial charge in [0.1, 0.15) is 4.90 Å². The van der Waals surface area contributed by atoms with Gasteiger partial charge in [0.05, 0.1) is 5.02 Å². The Hall–Kier alpha value is -1.54. The van der Waals surface area contributed by atoms with Crippen LogP contribution in [0.3, 0.4) is 0 Å². The Morgan fingerprint density at radius 3 is 2.50 bits per heavy atom. The van der Waals surface area contributed by atoms with E-state index < -0.39 is 15.9 Å². The number of hydrogen-bond donors (Lipinski definition) is 1. The number of thioether (sulfide) groups is 1. The zero-order valence-electron chi connectivity index (χ0n) is 13.4. The van der Waals surface area contributed by atoms with Gasteiger partial charge in [-0.25, -0.2) is 12.7 Å². The van der Waals surface area contributed by atoms with Crippen molar-refractivity contribution in [2.24, 2.45) is 0 Å². The van der Waals surface area contributed by atoms with Crippen LogP contribution in [0.1, 0.15) is 10.4 Å². The molecule has 2 rings (SSSR count). The fourth-order valence-electron chi connectivity index (χ4n) is 1.94. The predicted octanol–water partition coefficient (Wildman–Crippen LogP) is 3.56. The maximum Gasteiger partial charge on any atom is 0.255 e. The van der Waals surface area contributed by atoms with Crippen LogP contribution in [-0.2, 0) is 10.0 Å². The summed E-state index contributed by atoms with van der Waals surface area (Å²) in [6.07, 6.45) is 1.94. The Morgan fingerprint density at radius 2 is 1.88 bits per heavy atom. The molecule has 128 valence electrons. The Morgan fingerprint density at radius 1 is 1.17 bits per heavy atom. The van der Waals surface area contributed by atoms with Crippen molar-refractivity contribution < 1.29 is 13.2 Å². The first-order valence-corrected chi connectivity index (χ1v) is 9.97. The van der Waals surface area contributed by atoms with E-state index in [-0.39, 0.29) is 15.5 Å². The van der Waals surface area contributed by atoms with Gasteiger partial charge in [0.2, 0.25) is 10.0 Å². The molecular formula is C16H17ClN2O3S2. The standard InChI is InChI=1S/C16H17ClN2O3S2/c1-19(2)24(21,22)15-9-11(7-8-14(15)17)16(20)18-12-5-4-6-13(10-12)23-3/h4-10H,1-3H3,(H,18,20). The molecule has 0 aliphatic carbocycles. The summed E-state index contributed by atoms with van der Waals surface area (Å²) in [6, 6.07) is 11.6. The molecule has 0 bridgehead atoms. The maximum atomic E-state index is 12.4. The van der Waals surface area contributed by atoms with E-state index in [9.17, 15) is 13.2 Å². The maximum absolute atomic E-state index is 12.4. The molecule has 24 heavy (non-hydrogen) atoms. The molecule has 0 saturated carbocycles. The van der Waals surface area contributed by atoms with Gasteiger partial charge in [-0.3, -0.25) is 4.79 Å². The fourth-order valence-corrected chi connectivity index (χ4v) is 3.80. The summed E-state index contributed by atoms with van der Waals surface area (Å²) in [5.41, 5.74) is 0.855. The average Bonchev–Trinajstić information content (AvgIpc) is 2.55. The summed E-state index contributed by atoms with van der Waals surface area (Å²) >= 11 is 7.55. The Kier molecular flexibility index (Phi) is 5.92. The molecule has 0 aliphatic heterocycles. The van der Waals surface area contributed by atoms with E-state index in [1.165, 1.54) is 32.3 Å². The molecule has 1 amide bonds. The number of hydrogen-bond acceptors (Lipinski definition) is 4. The Balaban J connectivity index is 2.34. The minimum absolute atomic E-state index is 0.0737. The largest absolute Gasteiger partial charge is 0.322 e. The molecule has 0 unspecified atom stereocenters. The van der Waals surface area contributed by atoms with E-state index >= 15 is 0 Å². The SMILES string of the molecule is CSc1cccc(NC(=O)c2ccc(Cl)c(S(=O)(=O)N(C)C)c2)c1. The van der Waals surface area contributed by atoms with Crippen LogP contribution in [0.4, 0.5) is 5.69 Å². The topological polar surface area (TPSA) is 66.5 Å². The molecule has 5 nitrogen and oxygen atoms in total. The lowest BCUT2D eigenvalue weighted by molar-refractivity contribution is 0.102. The van der Waals surface area contributed by atoms with Crippen molar-refractivity contribution in [3.8, 4) is 0 Å². The summed E-state index contributed by atoms with van der Waals surface area (Å²) in [5, 5.41) is 2.83. The molecule has 0 heterocycles. The van der Waals surface area contributed by atoms with Gasteiger partial charge in [-0.2, -0.15) is 0 Å². The summed E-state index contributed by atoms with van der Waals surface area (Å²) < 4.78 is 25.6. The van der Waals surface area contributed by atoms with Crippen molar-refractivity contribution in [1.82, 2.24) is 4.31 Å². The van der Waals surface area contributed by atoms with Gasteiger partial charge in [-0.05, 0) is 42.7 Å². The summed E-state index contributed by atoms with van der Waals surface area (Å²) in [6.45, 7) is 0. The number of nitrogens with one attached hydrogen (secondary N) is 1. The number of halogens is 1. The van der Waals surface area contributed by atoms with Crippen LogP contribution >= 0.6 is 23.4 Å². The average molecular weight is 385 g/mol. The number of carbonyl (C=O) groups excluding carboxylic acids is 1. The van der Waals surface area contributed by atoms with Gasteiger partial charge in [-0.15, -0.1) is 11.8 Å². The van der Waals surface area contributed by atoms with Crippen LogP contribution < -0.4 is 5.32 Å². The number of carbonyl (C=O) groups is 1. The summed E-state index contributed by atoms with van der Waals surface area (Å²) in [7, 11) is -0.911. The Labute approximate surface area is 151 Å². The summed E-state index contributed by atoms with van der Waals surface area (Å²) in [4.78, 5) is 13.3. The van der Waals surface area contributed by atoms with E-state index in [0.717, 1.165) is 9.20 Å². The number of amides is 1. The smallest absolute Gasteiger partial charge is 0.255 e. The van der Waals surface area contributed by atoms with Crippen molar-refractivity contribution in [1.29, 1.82) is 0 Å². The van der Waals surface area contributed by atoms with Crippen LogP contribution in [0.5, 0.6) is 0 Å². The van der Waals surface area contributed by atoms with Crippen molar-refractivity contribution in [2.75, 3.05) is 25.7 Å². The normalized spacial score (nSPS) is 11.5. The van der Waals surface area contributed by atoms with Crippen LogP contribution in [0.2, 0.25) is 5.02 Å². The first-order valence-electron chi connectivity index (χ1n) is 6.93. The number of sulfonamides is 1. The van der Waals surface area contributed by atoms with Gasteiger partial charge in [0.15, 0.2) is 0 Å². The molecule has 0 fully saturated rings. The quantitative estimate of drug-likeness (QED) is 0.800. The third-order valence-corrected chi connectivity index (χ3v) is 6.30. The molecular weight excluding hydrogens is 368 g/mol. The molecule has 0 aromatic heterocycles. The highest BCUT2D eigenvalue weighted by Gasteiger charge is 2.22. The van der Waals surface area contributed by atoms with E-state index in [1.54, 1.807) is 17.8 Å².